The molecule has 0 spiro atoms. The van der Waals surface area contributed by atoms with E-state index >= 15 is 0 Å². The Kier molecular flexibility index (Phi) is 11.1. The predicted molar refractivity (Wildman–Crippen MR) is 163 cm³/mol. The van der Waals surface area contributed by atoms with Gasteiger partial charge in [0.25, 0.3) is 0 Å². The van der Waals surface area contributed by atoms with Gasteiger partial charge in [0.05, 0.1) is 0 Å². The number of hydrogen-bond acceptors (Lipinski definition) is 1. The van der Waals surface area contributed by atoms with Crippen LogP contribution >= 0.6 is 0 Å². The van der Waals surface area contributed by atoms with Crippen molar-refractivity contribution in [2.24, 2.45) is 65.1 Å². The van der Waals surface area contributed by atoms with Crippen molar-refractivity contribution in [3.8, 4) is 0 Å². The van der Waals surface area contributed by atoms with E-state index in [2.05, 4.69) is 59.9 Å². The van der Waals surface area contributed by atoms with Crippen molar-refractivity contribution >= 4 is 0 Å². The molecule has 9 unspecified atom stereocenters. The van der Waals surface area contributed by atoms with Crippen LogP contribution in [0.15, 0.2) is 11.6 Å². The summed E-state index contributed by atoms with van der Waals surface area (Å²) in [6.45, 7) is 19.0. The van der Waals surface area contributed by atoms with Gasteiger partial charge >= 0.3 is 0 Å². The lowest BCUT2D eigenvalue weighted by Crippen LogP contribution is -2.51. The van der Waals surface area contributed by atoms with E-state index in [0.717, 1.165) is 77.7 Å². The van der Waals surface area contributed by atoms with Crippen LogP contribution in [0.25, 0.3) is 0 Å². The number of hydrogen-bond donors (Lipinski definition) is 1. The van der Waals surface area contributed by atoms with E-state index in [-0.39, 0.29) is 0 Å². The molecule has 0 aromatic heterocycles. The van der Waals surface area contributed by atoms with Gasteiger partial charge in [0, 0.05) is 12.6 Å². The Balaban J connectivity index is 1.61. The minimum atomic E-state index is 0.727. The van der Waals surface area contributed by atoms with E-state index in [0.29, 0.717) is 0 Å². The molecular weight excluding hydrogens is 446 g/mol. The summed E-state index contributed by atoms with van der Waals surface area (Å²) in [4.78, 5) is 0. The lowest BCUT2D eigenvalue weighted by molar-refractivity contribution is -0.0905. The largest absolute Gasteiger partial charge is 0.310 e. The van der Waals surface area contributed by atoms with Crippen LogP contribution in [0.4, 0.5) is 0 Å². The quantitative estimate of drug-likeness (QED) is 0.303. The number of unbranched alkanes of at least 4 members (excludes halogenated alkanes) is 1. The normalized spacial score (nSPS) is 43.6. The zero-order chi connectivity index (χ0) is 26.5. The highest BCUT2D eigenvalue weighted by atomic mass is 14.9. The van der Waals surface area contributed by atoms with Crippen LogP contribution in [0.5, 0.6) is 0 Å². The summed E-state index contributed by atoms with van der Waals surface area (Å²) in [7, 11) is 0. The standard InChI is InChI=1S/C36H65N/c1-8-11-14-31-22-26(7)33(24(4)5)35(36(31)34-25(6)13-12-15-27(34)9-2)29-18-16-28(17-19-29)30-20-21-37-32(10-3)23-30/h20,24-29,31-37H,8-19,21-23H2,1-7H3. The third-order valence-corrected chi connectivity index (χ3v) is 12.5. The maximum atomic E-state index is 3.72. The summed E-state index contributed by atoms with van der Waals surface area (Å²) in [6, 6.07) is 0.727. The molecule has 3 saturated carbocycles. The molecule has 1 N–H and O–H groups in total. The third kappa shape index (κ3) is 6.72. The van der Waals surface area contributed by atoms with Crippen LogP contribution in [-0.2, 0) is 0 Å². The lowest BCUT2D eigenvalue weighted by Gasteiger charge is -2.58. The minimum Gasteiger partial charge on any atom is -0.310 e. The van der Waals surface area contributed by atoms with Crippen LogP contribution in [-0.4, -0.2) is 12.6 Å². The summed E-state index contributed by atoms with van der Waals surface area (Å²) in [5.74, 6) is 10.5. The Labute approximate surface area is 232 Å². The van der Waals surface area contributed by atoms with Crippen molar-refractivity contribution < 1.29 is 0 Å². The lowest BCUT2D eigenvalue weighted by atomic mass is 9.47. The molecule has 3 aliphatic carbocycles. The molecule has 4 rings (SSSR count). The second-order valence-corrected chi connectivity index (χ2v) is 14.9. The fraction of sp³-hybridized carbons (Fsp3) is 0.944. The van der Waals surface area contributed by atoms with Crippen LogP contribution in [0, 0.1) is 65.1 Å². The first-order chi connectivity index (χ1) is 17.9. The SMILES string of the molecule is CCCCC1CC(C)C(C(C)C)C(C2CCC(C3=CCNC(CC)C3)CC2)C1C1C(C)CCCC1CC. The van der Waals surface area contributed by atoms with Crippen molar-refractivity contribution in [3.63, 3.8) is 0 Å². The van der Waals surface area contributed by atoms with Gasteiger partial charge in [-0.15, -0.1) is 0 Å². The second kappa shape index (κ2) is 13.9. The first-order valence-electron chi connectivity index (χ1n) is 17.3. The molecular formula is C36H65N. The fourth-order valence-corrected chi connectivity index (χ4v) is 10.8. The van der Waals surface area contributed by atoms with Gasteiger partial charge in [-0.05, 0) is 110 Å². The monoisotopic (exact) mass is 512 g/mol. The van der Waals surface area contributed by atoms with Crippen LogP contribution in [0.2, 0.25) is 0 Å². The van der Waals surface area contributed by atoms with Crippen molar-refractivity contribution in [3.05, 3.63) is 11.6 Å². The maximum absolute atomic E-state index is 3.72. The molecule has 0 amide bonds. The highest BCUT2D eigenvalue weighted by Crippen LogP contribution is 2.59. The summed E-state index contributed by atoms with van der Waals surface area (Å²) in [5, 5.41) is 3.72. The molecule has 0 bridgehead atoms. The first-order valence-corrected chi connectivity index (χ1v) is 17.3. The van der Waals surface area contributed by atoms with E-state index in [9.17, 15) is 0 Å². The van der Waals surface area contributed by atoms with Gasteiger partial charge in [-0.2, -0.15) is 0 Å². The van der Waals surface area contributed by atoms with Crippen LogP contribution in [0.1, 0.15) is 138 Å². The van der Waals surface area contributed by atoms with E-state index in [1.807, 2.05) is 5.57 Å². The van der Waals surface area contributed by atoms with Crippen LogP contribution in [0.3, 0.4) is 0 Å². The van der Waals surface area contributed by atoms with Gasteiger partial charge in [-0.1, -0.05) is 105 Å². The zero-order valence-corrected chi connectivity index (χ0v) is 26.1. The molecule has 1 nitrogen and oxygen atoms in total. The molecule has 1 aliphatic heterocycles. The Morgan fingerprint density at radius 2 is 1.59 bits per heavy atom. The van der Waals surface area contributed by atoms with Crippen LogP contribution < -0.4 is 5.32 Å². The topological polar surface area (TPSA) is 12.0 Å². The van der Waals surface area contributed by atoms with Gasteiger partial charge in [0.2, 0.25) is 0 Å². The molecule has 0 radical (unpaired) electrons. The zero-order valence-electron chi connectivity index (χ0n) is 26.1. The van der Waals surface area contributed by atoms with E-state index < -0.39 is 0 Å². The van der Waals surface area contributed by atoms with E-state index in [4.69, 9.17) is 0 Å². The Morgan fingerprint density at radius 1 is 0.838 bits per heavy atom. The smallest absolute Gasteiger partial charge is 0.0140 e. The fourth-order valence-electron chi connectivity index (χ4n) is 10.8. The average Bonchev–Trinajstić information content (AvgIpc) is 2.91. The van der Waals surface area contributed by atoms with Gasteiger partial charge < -0.3 is 5.32 Å². The Hall–Kier alpha value is -0.300. The molecule has 0 saturated heterocycles. The molecule has 4 aliphatic rings. The predicted octanol–water partition coefficient (Wildman–Crippen LogP) is 10.3. The molecule has 3 fully saturated rings. The third-order valence-electron chi connectivity index (χ3n) is 12.5. The molecule has 0 aromatic carbocycles. The molecule has 9 atom stereocenters. The van der Waals surface area contributed by atoms with Crippen molar-refractivity contribution in [2.75, 3.05) is 6.54 Å². The summed E-state index contributed by atoms with van der Waals surface area (Å²) < 4.78 is 0. The molecule has 214 valence electrons. The Bertz CT molecular complexity index is 699. The maximum Gasteiger partial charge on any atom is 0.0140 e. The minimum absolute atomic E-state index is 0.727. The summed E-state index contributed by atoms with van der Waals surface area (Å²) in [5.41, 5.74) is 1.82. The number of rotatable bonds is 9. The van der Waals surface area contributed by atoms with E-state index in [1.54, 1.807) is 0 Å². The molecule has 1 heteroatoms. The van der Waals surface area contributed by atoms with Crippen molar-refractivity contribution in [2.45, 2.75) is 144 Å². The highest BCUT2D eigenvalue weighted by molar-refractivity contribution is 5.14. The van der Waals surface area contributed by atoms with Gasteiger partial charge in [-0.25, -0.2) is 0 Å². The summed E-state index contributed by atoms with van der Waals surface area (Å²) in [6.07, 6.45) is 23.0. The Morgan fingerprint density at radius 3 is 2.24 bits per heavy atom. The molecule has 37 heavy (non-hydrogen) atoms. The average molecular weight is 512 g/mol. The molecule has 0 aromatic rings. The van der Waals surface area contributed by atoms with Crippen molar-refractivity contribution in [1.29, 1.82) is 0 Å². The molecule has 1 heterocycles. The van der Waals surface area contributed by atoms with Gasteiger partial charge in [-0.3, -0.25) is 0 Å². The van der Waals surface area contributed by atoms with Gasteiger partial charge in [0.15, 0.2) is 0 Å². The second-order valence-electron chi connectivity index (χ2n) is 14.9. The first kappa shape index (κ1) is 29.7. The van der Waals surface area contributed by atoms with Gasteiger partial charge in [0.1, 0.15) is 0 Å². The van der Waals surface area contributed by atoms with E-state index in [1.165, 1.54) is 89.9 Å². The van der Waals surface area contributed by atoms with Crippen molar-refractivity contribution in [1.82, 2.24) is 5.32 Å². The highest BCUT2D eigenvalue weighted by Gasteiger charge is 2.52. The summed E-state index contributed by atoms with van der Waals surface area (Å²) >= 11 is 0. The number of nitrogens with one attached hydrogen (secondary N) is 1.